The van der Waals surface area contributed by atoms with E-state index < -0.39 is 0 Å². The van der Waals surface area contributed by atoms with Gasteiger partial charge in [-0.15, -0.1) is 0 Å². The maximum Gasteiger partial charge on any atom is 0.0340 e. The molecule has 0 aliphatic heterocycles. The summed E-state index contributed by atoms with van der Waals surface area (Å²) in [7, 11) is 0. The fourth-order valence-corrected chi connectivity index (χ4v) is 2.66. The van der Waals surface area contributed by atoms with E-state index in [9.17, 15) is 0 Å². The Labute approximate surface area is 98.6 Å². The third kappa shape index (κ3) is 3.13. The number of hydrogen-bond donors (Lipinski definition) is 1. The summed E-state index contributed by atoms with van der Waals surface area (Å²) in [5.41, 5.74) is 2.79. The predicted molar refractivity (Wildman–Crippen MR) is 70.6 cm³/mol. The summed E-state index contributed by atoms with van der Waals surface area (Å²) < 4.78 is 0. The van der Waals surface area contributed by atoms with Gasteiger partial charge in [0.1, 0.15) is 0 Å². The Bertz CT molecular complexity index is 353. The second-order valence-electron chi connectivity index (χ2n) is 5.04. The Morgan fingerprint density at radius 2 is 2.00 bits per heavy atom. The molecule has 0 heterocycles. The minimum absolute atomic E-state index is 0.747. The van der Waals surface area contributed by atoms with E-state index in [1.54, 1.807) is 5.57 Å². The minimum Gasteiger partial charge on any atom is -0.385 e. The Morgan fingerprint density at radius 1 is 1.25 bits per heavy atom. The van der Waals surface area contributed by atoms with E-state index >= 15 is 0 Å². The Kier molecular flexibility index (Phi) is 3.66. The van der Waals surface area contributed by atoms with Crippen LogP contribution in [-0.4, -0.2) is 6.54 Å². The van der Waals surface area contributed by atoms with Gasteiger partial charge in [-0.3, -0.25) is 0 Å². The molecular weight excluding hydrogens is 194 g/mol. The van der Waals surface area contributed by atoms with Crippen LogP contribution in [0.4, 0.5) is 5.69 Å². The number of hydrogen-bond acceptors (Lipinski definition) is 1. The van der Waals surface area contributed by atoms with Crippen molar-refractivity contribution >= 4 is 5.69 Å². The second-order valence-corrected chi connectivity index (χ2v) is 5.04. The number of rotatable bonds is 3. The third-order valence-corrected chi connectivity index (χ3v) is 3.25. The van der Waals surface area contributed by atoms with Crippen molar-refractivity contribution in [1.82, 2.24) is 0 Å². The van der Waals surface area contributed by atoms with Gasteiger partial charge >= 0.3 is 0 Å². The van der Waals surface area contributed by atoms with Crippen molar-refractivity contribution in [2.24, 2.45) is 11.8 Å². The van der Waals surface area contributed by atoms with Gasteiger partial charge in [-0.1, -0.05) is 36.8 Å². The highest BCUT2D eigenvalue weighted by atomic mass is 14.9. The molecule has 0 fully saturated rings. The third-order valence-electron chi connectivity index (χ3n) is 3.25. The molecule has 0 aromatic heterocycles. The molecule has 86 valence electrons. The quantitative estimate of drug-likeness (QED) is 0.749. The molecule has 1 aromatic carbocycles. The highest BCUT2D eigenvalue weighted by Gasteiger charge is 2.17. The first-order valence-electron chi connectivity index (χ1n) is 6.20. The summed E-state index contributed by atoms with van der Waals surface area (Å²) in [6.45, 7) is 5.67. The number of para-hydroxylation sites is 1. The fraction of sp³-hybridized carbons (Fsp3) is 0.467. The van der Waals surface area contributed by atoms with E-state index in [-0.39, 0.29) is 0 Å². The van der Waals surface area contributed by atoms with E-state index in [4.69, 9.17) is 0 Å². The molecule has 0 bridgehead atoms. The van der Waals surface area contributed by atoms with Crippen LogP contribution in [0.25, 0.3) is 0 Å². The maximum atomic E-state index is 3.53. The van der Waals surface area contributed by atoms with E-state index in [2.05, 4.69) is 55.6 Å². The van der Waals surface area contributed by atoms with Gasteiger partial charge < -0.3 is 5.32 Å². The average molecular weight is 215 g/mol. The van der Waals surface area contributed by atoms with Crippen LogP contribution in [0.3, 0.4) is 0 Å². The molecule has 1 aliphatic rings. The van der Waals surface area contributed by atoms with E-state index in [1.165, 1.54) is 18.5 Å². The first-order chi connectivity index (χ1) is 7.74. The van der Waals surface area contributed by atoms with Crippen LogP contribution in [0.5, 0.6) is 0 Å². The van der Waals surface area contributed by atoms with Crippen LogP contribution in [-0.2, 0) is 0 Å². The van der Waals surface area contributed by atoms with Gasteiger partial charge in [-0.2, -0.15) is 0 Å². The minimum atomic E-state index is 0.747. The van der Waals surface area contributed by atoms with Crippen molar-refractivity contribution in [1.29, 1.82) is 0 Å². The molecule has 1 aromatic rings. The van der Waals surface area contributed by atoms with E-state index in [1.807, 2.05) is 0 Å². The first kappa shape index (κ1) is 11.3. The SMILES string of the molecule is CC1=CC(C)CC(CNc2ccccc2)C1. The van der Waals surface area contributed by atoms with Crippen LogP contribution < -0.4 is 5.32 Å². The molecule has 2 unspecified atom stereocenters. The summed E-state index contributed by atoms with van der Waals surface area (Å²) in [5.74, 6) is 1.54. The molecule has 1 nitrogen and oxygen atoms in total. The van der Waals surface area contributed by atoms with Crippen molar-refractivity contribution in [3.63, 3.8) is 0 Å². The standard InChI is InChI=1S/C15H21N/c1-12-8-13(2)10-14(9-12)11-16-15-6-4-3-5-7-15/h3-8,12,14,16H,9-11H2,1-2H3. The van der Waals surface area contributed by atoms with Crippen LogP contribution in [0.15, 0.2) is 42.0 Å². The monoisotopic (exact) mass is 215 g/mol. The van der Waals surface area contributed by atoms with Crippen LogP contribution in [0, 0.1) is 11.8 Å². The molecule has 0 radical (unpaired) electrons. The number of nitrogens with one attached hydrogen (secondary N) is 1. The topological polar surface area (TPSA) is 12.0 Å². The summed E-state index contributed by atoms with van der Waals surface area (Å²) in [4.78, 5) is 0. The lowest BCUT2D eigenvalue weighted by Crippen LogP contribution is -2.20. The van der Waals surface area contributed by atoms with Gasteiger partial charge in [-0.05, 0) is 43.7 Å². The normalized spacial score (nSPS) is 25.0. The first-order valence-corrected chi connectivity index (χ1v) is 6.20. The largest absolute Gasteiger partial charge is 0.385 e. The number of anilines is 1. The van der Waals surface area contributed by atoms with Crippen LogP contribution >= 0.6 is 0 Å². The molecule has 0 saturated carbocycles. The van der Waals surface area contributed by atoms with Gasteiger partial charge in [0.05, 0.1) is 0 Å². The summed E-state index contributed by atoms with van der Waals surface area (Å²) in [5, 5.41) is 3.53. The van der Waals surface area contributed by atoms with Gasteiger partial charge in [0, 0.05) is 12.2 Å². The Hall–Kier alpha value is -1.24. The molecule has 16 heavy (non-hydrogen) atoms. The van der Waals surface area contributed by atoms with Gasteiger partial charge in [0.25, 0.3) is 0 Å². The molecular formula is C15H21N. The predicted octanol–water partition coefficient (Wildman–Crippen LogP) is 4.09. The van der Waals surface area contributed by atoms with Crippen molar-refractivity contribution in [3.8, 4) is 0 Å². The molecule has 2 atom stereocenters. The van der Waals surface area contributed by atoms with Crippen LogP contribution in [0.2, 0.25) is 0 Å². The lowest BCUT2D eigenvalue weighted by atomic mass is 9.84. The number of allylic oxidation sites excluding steroid dienone is 2. The van der Waals surface area contributed by atoms with Crippen LogP contribution in [0.1, 0.15) is 26.7 Å². The number of benzene rings is 1. The molecule has 1 aliphatic carbocycles. The smallest absolute Gasteiger partial charge is 0.0340 e. The molecule has 0 amide bonds. The average Bonchev–Trinajstić information content (AvgIpc) is 2.27. The van der Waals surface area contributed by atoms with Crippen molar-refractivity contribution < 1.29 is 0 Å². The highest BCUT2D eigenvalue weighted by Crippen LogP contribution is 2.27. The zero-order valence-corrected chi connectivity index (χ0v) is 10.2. The Balaban J connectivity index is 1.85. The molecule has 0 spiro atoms. The van der Waals surface area contributed by atoms with Crippen molar-refractivity contribution in [2.75, 3.05) is 11.9 Å². The highest BCUT2D eigenvalue weighted by molar-refractivity contribution is 5.42. The Morgan fingerprint density at radius 3 is 2.69 bits per heavy atom. The fourth-order valence-electron chi connectivity index (χ4n) is 2.66. The van der Waals surface area contributed by atoms with Gasteiger partial charge in [0.2, 0.25) is 0 Å². The lowest BCUT2D eigenvalue weighted by Gasteiger charge is -2.25. The zero-order valence-electron chi connectivity index (χ0n) is 10.2. The molecule has 1 N–H and O–H groups in total. The van der Waals surface area contributed by atoms with Crippen molar-refractivity contribution in [3.05, 3.63) is 42.0 Å². The molecule has 2 rings (SSSR count). The van der Waals surface area contributed by atoms with Crippen molar-refractivity contribution in [2.45, 2.75) is 26.7 Å². The zero-order chi connectivity index (χ0) is 11.4. The molecule has 1 heteroatoms. The lowest BCUT2D eigenvalue weighted by molar-refractivity contribution is 0.421. The summed E-state index contributed by atoms with van der Waals surface area (Å²) >= 11 is 0. The molecule has 0 saturated heterocycles. The second kappa shape index (κ2) is 5.20. The van der Waals surface area contributed by atoms with E-state index in [0.717, 1.165) is 18.4 Å². The summed E-state index contributed by atoms with van der Waals surface area (Å²) in [6.07, 6.45) is 4.99. The maximum absolute atomic E-state index is 3.53. The van der Waals surface area contributed by atoms with E-state index in [0.29, 0.717) is 0 Å². The van der Waals surface area contributed by atoms with Gasteiger partial charge in [-0.25, -0.2) is 0 Å². The summed E-state index contributed by atoms with van der Waals surface area (Å²) in [6, 6.07) is 10.5. The van der Waals surface area contributed by atoms with Gasteiger partial charge in [0.15, 0.2) is 0 Å².